The van der Waals surface area contributed by atoms with Gasteiger partial charge in [0.15, 0.2) is 0 Å². The fourth-order valence-corrected chi connectivity index (χ4v) is 4.20. The normalized spacial score (nSPS) is 18.0. The van der Waals surface area contributed by atoms with Gasteiger partial charge in [0.1, 0.15) is 0 Å². The molecule has 2 N–H and O–H groups in total. The van der Waals surface area contributed by atoms with E-state index in [2.05, 4.69) is 10.3 Å². The Bertz CT molecular complexity index is 705. The Labute approximate surface area is 142 Å². The summed E-state index contributed by atoms with van der Waals surface area (Å²) in [6, 6.07) is 4.46. The van der Waals surface area contributed by atoms with Gasteiger partial charge in [-0.15, -0.1) is 11.3 Å². The third-order valence-corrected chi connectivity index (χ3v) is 5.36. The van der Waals surface area contributed by atoms with Crippen molar-refractivity contribution in [3.05, 3.63) is 49.9 Å². The lowest BCUT2D eigenvalue weighted by Gasteiger charge is -2.20. The van der Waals surface area contributed by atoms with Crippen molar-refractivity contribution in [2.75, 3.05) is 6.61 Å². The van der Waals surface area contributed by atoms with Gasteiger partial charge in [-0.2, -0.15) is 0 Å². The molecule has 2 unspecified atom stereocenters. The maximum Gasteiger partial charge on any atom is 0.229 e. The van der Waals surface area contributed by atoms with E-state index in [0.29, 0.717) is 15.6 Å². The second-order valence-electron chi connectivity index (χ2n) is 5.16. The van der Waals surface area contributed by atoms with Crippen molar-refractivity contribution < 1.29 is 9.90 Å². The first-order valence-electron chi connectivity index (χ1n) is 6.88. The number of carbonyl (C=O) groups is 1. The number of hydrogen-bond donors (Lipinski definition) is 2. The average molecular weight is 357 g/mol. The number of halogens is 2. The minimum Gasteiger partial charge on any atom is -0.394 e. The number of aryl methyl sites for hydroxylation is 1. The summed E-state index contributed by atoms with van der Waals surface area (Å²) in [6.45, 7) is -0.227. The van der Waals surface area contributed by atoms with E-state index in [4.69, 9.17) is 23.2 Å². The van der Waals surface area contributed by atoms with E-state index in [0.717, 1.165) is 23.4 Å². The molecule has 3 rings (SSSR count). The van der Waals surface area contributed by atoms with Gasteiger partial charge in [-0.05, 0) is 30.5 Å². The number of hydrogen-bond acceptors (Lipinski definition) is 4. The van der Waals surface area contributed by atoms with Gasteiger partial charge >= 0.3 is 0 Å². The number of fused-ring (bicyclic) bond motifs is 1. The molecule has 4 nitrogen and oxygen atoms in total. The van der Waals surface area contributed by atoms with Crippen LogP contribution in [-0.4, -0.2) is 22.6 Å². The van der Waals surface area contributed by atoms with Gasteiger partial charge in [-0.25, -0.2) is 4.98 Å². The van der Waals surface area contributed by atoms with Crippen LogP contribution in [0.15, 0.2) is 23.7 Å². The zero-order valence-corrected chi connectivity index (χ0v) is 13.9. The number of aliphatic hydroxyl groups excluding tert-OH is 1. The van der Waals surface area contributed by atoms with Crippen LogP contribution in [0.2, 0.25) is 10.0 Å². The fraction of sp³-hybridized carbons (Fsp3) is 0.333. The third kappa shape index (κ3) is 2.99. The van der Waals surface area contributed by atoms with Gasteiger partial charge in [-0.3, -0.25) is 4.79 Å². The molecule has 0 spiro atoms. The molecule has 0 radical (unpaired) electrons. The summed E-state index contributed by atoms with van der Waals surface area (Å²) in [7, 11) is 0. The molecule has 1 amide bonds. The van der Waals surface area contributed by atoms with Gasteiger partial charge in [0.25, 0.3) is 0 Å². The highest BCUT2D eigenvalue weighted by Gasteiger charge is 2.32. The van der Waals surface area contributed by atoms with Crippen LogP contribution >= 0.6 is 34.5 Å². The fourth-order valence-electron chi connectivity index (χ4n) is 2.69. The quantitative estimate of drug-likeness (QED) is 0.882. The van der Waals surface area contributed by atoms with E-state index >= 15 is 0 Å². The lowest BCUT2D eigenvalue weighted by molar-refractivity contribution is -0.123. The number of aliphatic hydroxyl groups is 1. The molecule has 0 fully saturated rings. The number of thiazole rings is 1. The van der Waals surface area contributed by atoms with Crippen molar-refractivity contribution >= 4 is 40.4 Å². The van der Waals surface area contributed by atoms with Gasteiger partial charge < -0.3 is 10.4 Å². The van der Waals surface area contributed by atoms with E-state index in [-0.39, 0.29) is 18.4 Å². The highest BCUT2D eigenvalue weighted by atomic mass is 35.5. The van der Waals surface area contributed by atoms with E-state index < -0.39 is 6.04 Å². The summed E-state index contributed by atoms with van der Waals surface area (Å²) in [6.07, 6.45) is 1.58. The molecule has 22 heavy (non-hydrogen) atoms. The molecule has 116 valence electrons. The molecule has 7 heteroatoms. The second-order valence-corrected chi connectivity index (χ2v) is 6.89. The van der Waals surface area contributed by atoms with Crippen LogP contribution in [0.4, 0.5) is 0 Å². The highest BCUT2D eigenvalue weighted by molar-refractivity contribution is 7.10. The zero-order chi connectivity index (χ0) is 15.7. The predicted molar refractivity (Wildman–Crippen MR) is 87.6 cm³/mol. The molecule has 2 aromatic rings. The minimum atomic E-state index is -0.547. The molecule has 1 heterocycles. The minimum absolute atomic E-state index is 0.104. The molecule has 1 aliphatic carbocycles. The molecule has 0 aliphatic heterocycles. The Balaban J connectivity index is 1.77. The topological polar surface area (TPSA) is 62.2 Å². The van der Waals surface area contributed by atoms with E-state index in [9.17, 15) is 9.90 Å². The van der Waals surface area contributed by atoms with Gasteiger partial charge in [0.2, 0.25) is 5.91 Å². The molecule has 0 saturated carbocycles. The predicted octanol–water partition coefficient (Wildman–Crippen LogP) is 3.33. The van der Waals surface area contributed by atoms with Crippen LogP contribution in [0.25, 0.3) is 0 Å². The van der Waals surface area contributed by atoms with E-state index in [1.54, 1.807) is 23.7 Å². The number of rotatable bonds is 4. The smallest absolute Gasteiger partial charge is 0.229 e. The summed E-state index contributed by atoms with van der Waals surface area (Å²) < 4.78 is 0. The summed E-state index contributed by atoms with van der Waals surface area (Å²) in [5.74, 6) is -0.296. The molecule has 1 aromatic heterocycles. The number of aromatic nitrogens is 1. The Morgan fingerprint density at radius 3 is 3.05 bits per heavy atom. The molecular weight excluding hydrogens is 343 g/mol. The first kappa shape index (κ1) is 15.7. The van der Waals surface area contributed by atoms with Crippen molar-refractivity contribution in [3.63, 3.8) is 0 Å². The number of benzene rings is 1. The van der Waals surface area contributed by atoms with Crippen molar-refractivity contribution in [3.8, 4) is 0 Å². The van der Waals surface area contributed by atoms with Crippen LogP contribution in [0.5, 0.6) is 0 Å². The summed E-state index contributed by atoms with van der Waals surface area (Å²) in [4.78, 5) is 17.8. The van der Waals surface area contributed by atoms with Crippen LogP contribution in [0.3, 0.4) is 0 Å². The van der Waals surface area contributed by atoms with Gasteiger partial charge in [-0.1, -0.05) is 29.3 Å². The Morgan fingerprint density at radius 1 is 1.50 bits per heavy atom. The monoisotopic (exact) mass is 356 g/mol. The summed E-state index contributed by atoms with van der Waals surface area (Å²) in [5.41, 5.74) is 3.43. The van der Waals surface area contributed by atoms with Crippen LogP contribution in [0, 0.1) is 0 Å². The highest BCUT2D eigenvalue weighted by Crippen LogP contribution is 2.36. The Morgan fingerprint density at radius 2 is 2.32 bits per heavy atom. The van der Waals surface area contributed by atoms with Crippen LogP contribution < -0.4 is 5.32 Å². The number of nitrogens with zero attached hydrogens (tertiary/aromatic N) is 1. The number of carbonyl (C=O) groups excluding carboxylic acids is 1. The van der Waals surface area contributed by atoms with E-state index in [1.807, 2.05) is 0 Å². The maximum atomic E-state index is 12.5. The molecular formula is C15H14Cl2N2O2S. The van der Waals surface area contributed by atoms with Crippen LogP contribution in [0.1, 0.15) is 34.5 Å². The van der Waals surface area contributed by atoms with Gasteiger partial charge in [0, 0.05) is 14.9 Å². The molecule has 2 atom stereocenters. The second kappa shape index (κ2) is 6.54. The molecule has 0 saturated heterocycles. The van der Waals surface area contributed by atoms with Crippen LogP contribution in [-0.2, 0) is 11.2 Å². The molecule has 1 aliphatic rings. The van der Waals surface area contributed by atoms with Crippen molar-refractivity contribution in [1.29, 1.82) is 0 Å². The largest absolute Gasteiger partial charge is 0.394 e. The first-order valence-corrected chi connectivity index (χ1v) is 8.52. The lowest BCUT2D eigenvalue weighted by Crippen LogP contribution is -2.34. The van der Waals surface area contributed by atoms with Crippen molar-refractivity contribution in [2.45, 2.75) is 24.8 Å². The maximum absolute atomic E-state index is 12.5. The number of nitrogens with one attached hydrogen (secondary N) is 1. The average Bonchev–Trinajstić information content (AvgIpc) is 3.07. The summed E-state index contributed by atoms with van der Waals surface area (Å²) >= 11 is 13.5. The van der Waals surface area contributed by atoms with E-state index in [1.165, 1.54) is 11.3 Å². The Hall–Kier alpha value is -1.14. The SMILES string of the molecule is O=C(NC(CO)c1ccc(Cl)cc1Cl)C1CCc2ncsc21. The van der Waals surface area contributed by atoms with Gasteiger partial charge in [0.05, 0.1) is 29.8 Å². The molecule has 0 bridgehead atoms. The third-order valence-electron chi connectivity index (χ3n) is 3.81. The Kier molecular flexibility index (Phi) is 4.68. The van der Waals surface area contributed by atoms with Crippen molar-refractivity contribution in [2.24, 2.45) is 0 Å². The lowest BCUT2D eigenvalue weighted by atomic mass is 10.0. The standard InChI is InChI=1S/C15H14Cl2N2O2S/c16-8-1-2-9(11(17)5-8)13(6-20)19-15(21)10-3-4-12-14(10)22-7-18-12/h1-2,5,7,10,13,20H,3-4,6H2,(H,19,21). The molecule has 1 aromatic carbocycles. The number of amides is 1. The zero-order valence-electron chi connectivity index (χ0n) is 11.6. The van der Waals surface area contributed by atoms with Crippen molar-refractivity contribution in [1.82, 2.24) is 10.3 Å². The first-order chi connectivity index (χ1) is 10.6. The summed E-state index contributed by atoms with van der Waals surface area (Å²) in [5, 5.41) is 13.4.